The lowest BCUT2D eigenvalue weighted by Crippen LogP contribution is -2.32. The van der Waals surface area contributed by atoms with E-state index in [0.29, 0.717) is 6.61 Å². The Morgan fingerprint density at radius 1 is 1.18 bits per heavy atom. The van der Waals surface area contributed by atoms with E-state index in [9.17, 15) is 4.79 Å². The molecule has 1 amide bonds. The van der Waals surface area contributed by atoms with Crippen LogP contribution in [0.1, 0.15) is 36.1 Å². The Labute approximate surface area is 130 Å². The van der Waals surface area contributed by atoms with Gasteiger partial charge in [0.2, 0.25) is 0 Å². The molecular formula is C18H19NO3. The zero-order chi connectivity index (χ0) is 15.5. The Hall–Kier alpha value is -2.49. The molecule has 0 saturated heterocycles. The van der Waals surface area contributed by atoms with Gasteiger partial charge in [-0.05, 0) is 25.0 Å². The summed E-state index contributed by atoms with van der Waals surface area (Å²) in [6.07, 6.45) is 0.393. The van der Waals surface area contributed by atoms with Crippen molar-refractivity contribution in [1.29, 1.82) is 0 Å². The van der Waals surface area contributed by atoms with Gasteiger partial charge in [0.15, 0.2) is 0 Å². The van der Waals surface area contributed by atoms with Gasteiger partial charge in [-0.3, -0.25) is 0 Å². The third-order valence-electron chi connectivity index (χ3n) is 3.69. The highest BCUT2D eigenvalue weighted by atomic mass is 16.5. The van der Waals surface area contributed by atoms with E-state index in [1.807, 2.05) is 56.3 Å². The highest BCUT2D eigenvalue weighted by molar-refractivity contribution is 5.70. The highest BCUT2D eigenvalue weighted by Gasteiger charge is 2.29. The molecule has 0 aromatic heterocycles. The fraction of sp³-hybridized carbons (Fsp3) is 0.278. The van der Waals surface area contributed by atoms with Crippen LogP contribution in [0.15, 0.2) is 42.5 Å². The molecule has 22 heavy (non-hydrogen) atoms. The monoisotopic (exact) mass is 297 g/mol. The number of ether oxygens (including phenoxy) is 2. The van der Waals surface area contributed by atoms with Crippen molar-refractivity contribution < 1.29 is 14.3 Å². The van der Waals surface area contributed by atoms with Crippen molar-refractivity contribution in [1.82, 2.24) is 5.32 Å². The molecule has 1 aliphatic rings. The molecule has 0 fully saturated rings. The fourth-order valence-corrected chi connectivity index (χ4v) is 2.64. The number of benzene rings is 2. The molecule has 114 valence electrons. The number of para-hydroxylation sites is 2. The molecule has 2 aromatic rings. The number of aryl methyl sites for hydroxylation is 1. The van der Waals surface area contributed by atoms with Crippen LogP contribution in [0.4, 0.5) is 4.79 Å². The lowest BCUT2D eigenvalue weighted by Gasteiger charge is -2.29. The molecule has 0 saturated carbocycles. The number of hydrogen-bond acceptors (Lipinski definition) is 3. The minimum Gasteiger partial charge on any atom is -0.456 e. The van der Waals surface area contributed by atoms with Crippen LogP contribution in [0, 0.1) is 6.92 Å². The SMILES string of the molecule is CCCOC(=O)NC1c2ccccc2Oc2c(C)cccc21. The van der Waals surface area contributed by atoms with Crippen LogP contribution < -0.4 is 10.1 Å². The average Bonchev–Trinajstić information content (AvgIpc) is 2.53. The molecule has 1 aliphatic heterocycles. The van der Waals surface area contributed by atoms with Gasteiger partial charge in [-0.25, -0.2) is 4.79 Å². The van der Waals surface area contributed by atoms with Gasteiger partial charge in [0.1, 0.15) is 11.5 Å². The normalized spacial score (nSPS) is 15.3. The first kappa shape index (κ1) is 14.4. The molecule has 0 spiro atoms. The Balaban J connectivity index is 1.98. The van der Waals surface area contributed by atoms with Crippen LogP contribution in [0.5, 0.6) is 11.5 Å². The summed E-state index contributed by atoms with van der Waals surface area (Å²) >= 11 is 0. The lowest BCUT2D eigenvalue weighted by molar-refractivity contribution is 0.143. The summed E-state index contributed by atoms with van der Waals surface area (Å²) < 4.78 is 11.2. The van der Waals surface area contributed by atoms with Crippen molar-refractivity contribution in [3.63, 3.8) is 0 Å². The average molecular weight is 297 g/mol. The molecule has 2 aromatic carbocycles. The van der Waals surface area contributed by atoms with Crippen molar-refractivity contribution in [2.45, 2.75) is 26.3 Å². The maximum absolute atomic E-state index is 12.0. The van der Waals surface area contributed by atoms with Gasteiger partial charge in [0.05, 0.1) is 12.6 Å². The van der Waals surface area contributed by atoms with E-state index in [4.69, 9.17) is 9.47 Å². The summed E-state index contributed by atoms with van der Waals surface area (Å²) in [5.41, 5.74) is 2.93. The summed E-state index contributed by atoms with van der Waals surface area (Å²) in [7, 11) is 0. The van der Waals surface area contributed by atoms with Crippen LogP contribution in [0.2, 0.25) is 0 Å². The Kier molecular flexibility index (Phi) is 4.00. The van der Waals surface area contributed by atoms with Crippen molar-refractivity contribution in [2.24, 2.45) is 0 Å². The minimum absolute atomic E-state index is 0.260. The number of fused-ring (bicyclic) bond motifs is 2. The summed E-state index contributed by atoms with van der Waals surface area (Å²) in [5, 5.41) is 2.95. The van der Waals surface area contributed by atoms with E-state index in [1.54, 1.807) is 0 Å². The second kappa shape index (κ2) is 6.10. The van der Waals surface area contributed by atoms with Gasteiger partial charge in [-0.15, -0.1) is 0 Å². The predicted octanol–water partition coefficient (Wildman–Crippen LogP) is 4.33. The number of alkyl carbamates (subject to hydrolysis) is 1. The van der Waals surface area contributed by atoms with Crippen LogP contribution in [-0.4, -0.2) is 12.7 Å². The van der Waals surface area contributed by atoms with E-state index in [-0.39, 0.29) is 6.04 Å². The van der Waals surface area contributed by atoms with Crippen LogP contribution >= 0.6 is 0 Å². The van der Waals surface area contributed by atoms with E-state index in [0.717, 1.165) is 34.6 Å². The number of carbonyl (C=O) groups excluding carboxylic acids is 1. The maximum Gasteiger partial charge on any atom is 0.407 e. The van der Waals surface area contributed by atoms with Crippen LogP contribution in [-0.2, 0) is 4.74 Å². The van der Waals surface area contributed by atoms with E-state index in [2.05, 4.69) is 5.32 Å². The number of nitrogens with one attached hydrogen (secondary N) is 1. The summed E-state index contributed by atoms with van der Waals surface area (Å²) in [6, 6.07) is 13.4. The quantitative estimate of drug-likeness (QED) is 0.917. The summed E-state index contributed by atoms with van der Waals surface area (Å²) in [4.78, 5) is 12.0. The Morgan fingerprint density at radius 3 is 2.77 bits per heavy atom. The molecule has 1 heterocycles. The first-order chi connectivity index (χ1) is 10.7. The Bertz CT molecular complexity index is 696. The molecule has 0 radical (unpaired) electrons. The van der Waals surface area contributed by atoms with Crippen molar-refractivity contribution in [2.75, 3.05) is 6.61 Å². The predicted molar refractivity (Wildman–Crippen MR) is 84.3 cm³/mol. The van der Waals surface area contributed by atoms with Gasteiger partial charge >= 0.3 is 6.09 Å². The Morgan fingerprint density at radius 2 is 1.95 bits per heavy atom. The standard InChI is InChI=1S/C18H19NO3/c1-3-11-21-18(20)19-16-13-8-4-5-10-15(13)22-17-12(2)7-6-9-14(16)17/h4-10,16H,3,11H2,1-2H3,(H,19,20). The van der Waals surface area contributed by atoms with E-state index >= 15 is 0 Å². The zero-order valence-electron chi connectivity index (χ0n) is 12.8. The minimum atomic E-state index is -0.406. The molecular weight excluding hydrogens is 278 g/mol. The summed E-state index contributed by atoms with van der Waals surface area (Å²) in [6.45, 7) is 4.38. The molecule has 1 unspecified atom stereocenters. The second-order valence-corrected chi connectivity index (χ2v) is 5.35. The zero-order valence-corrected chi connectivity index (χ0v) is 12.8. The van der Waals surface area contributed by atoms with Crippen LogP contribution in [0.25, 0.3) is 0 Å². The van der Waals surface area contributed by atoms with Gasteiger partial charge < -0.3 is 14.8 Å². The molecule has 1 N–H and O–H groups in total. The number of amides is 1. The summed E-state index contributed by atoms with van der Waals surface area (Å²) in [5.74, 6) is 1.58. The smallest absolute Gasteiger partial charge is 0.407 e. The molecule has 0 bridgehead atoms. The maximum atomic E-state index is 12.0. The van der Waals surface area contributed by atoms with Crippen molar-refractivity contribution in [3.05, 3.63) is 59.2 Å². The molecule has 1 atom stereocenters. The largest absolute Gasteiger partial charge is 0.456 e. The van der Waals surface area contributed by atoms with E-state index < -0.39 is 6.09 Å². The topological polar surface area (TPSA) is 47.6 Å². The third-order valence-corrected chi connectivity index (χ3v) is 3.69. The van der Waals surface area contributed by atoms with Gasteiger partial charge in [0, 0.05) is 11.1 Å². The molecule has 4 heteroatoms. The van der Waals surface area contributed by atoms with Gasteiger partial charge in [0.25, 0.3) is 0 Å². The van der Waals surface area contributed by atoms with Gasteiger partial charge in [-0.2, -0.15) is 0 Å². The first-order valence-corrected chi connectivity index (χ1v) is 7.50. The lowest BCUT2D eigenvalue weighted by atomic mass is 9.93. The van der Waals surface area contributed by atoms with Crippen molar-refractivity contribution in [3.8, 4) is 11.5 Å². The number of hydrogen-bond donors (Lipinski definition) is 1. The fourth-order valence-electron chi connectivity index (χ4n) is 2.64. The highest BCUT2D eigenvalue weighted by Crippen LogP contribution is 2.44. The second-order valence-electron chi connectivity index (χ2n) is 5.35. The van der Waals surface area contributed by atoms with E-state index in [1.165, 1.54) is 0 Å². The number of rotatable bonds is 3. The van der Waals surface area contributed by atoms with Gasteiger partial charge in [-0.1, -0.05) is 43.3 Å². The molecule has 0 aliphatic carbocycles. The number of carbonyl (C=O) groups is 1. The van der Waals surface area contributed by atoms with Crippen LogP contribution in [0.3, 0.4) is 0 Å². The van der Waals surface area contributed by atoms with Crippen molar-refractivity contribution >= 4 is 6.09 Å². The third kappa shape index (κ3) is 2.64. The first-order valence-electron chi connectivity index (χ1n) is 7.50. The molecule has 3 rings (SSSR count). The molecule has 4 nitrogen and oxygen atoms in total.